The van der Waals surface area contributed by atoms with Crippen LogP contribution in [0.5, 0.6) is 0 Å². The van der Waals surface area contributed by atoms with Crippen molar-refractivity contribution < 1.29 is 22.8 Å². The topological polar surface area (TPSA) is 68.4 Å². The summed E-state index contributed by atoms with van der Waals surface area (Å²) < 4.78 is 40.1. The Bertz CT molecular complexity index is 1770. The molecule has 47 heavy (non-hydrogen) atoms. The second-order valence-electron chi connectivity index (χ2n) is 14.1. The van der Waals surface area contributed by atoms with E-state index in [1.54, 1.807) is 4.90 Å². The molecule has 1 aromatic heterocycles. The summed E-state index contributed by atoms with van der Waals surface area (Å²) in [6.45, 7) is 6.50. The molecule has 9 heteroatoms. The standard InChI is InChI=1S/C38H43F3N4O2/c1-24-33(29-10-6-7-11-31(29)42-24)34-30(36(34,2)3)22-32(46)45(23-25-12-14-26(15-13-25)38(39,40)41)37(20-8-9-21-37)35(47)43-27-16-18-28(19-17-27)44(4)5/h6-7,10-19,30,34,42H,8-9,20-23H2,1-5H3,(H,43,47)/t30-,34+/m1/s1. The van der Waals surface area contributed by atoms with Crippen molar-refractivity contribution in [2.45, 2.75) is 77.1 Å². The van der Waals surface area contributed by atoms with E-state index in [-0.39, 0.29) is 42.0 Å². The van der Waals surface area contributed by atoms with Crippen LogP contribution >= 0.6 is 0 Å². The highest BCUT2D eigenvalue weighted by Gasteiger charge is 2.60. The zero-order valence-electron chi connectivity index (χ0n) is 27.7. The summed E-state index contributed by atoms with van der Waals surface area (Å²) in [4.78, 5) is 36.0. The molecule has 2 aliphatic rings. The summed E-state index contributed by atoms with van der Waals surface area (Å²) in [7, 11) is 3.88. The summed E-state index contributed by atoms with van der Waals surface area (Å²) in [6, 6.07) is 20.7. The number of hydrogen-bond donors (Lipinski definition) is 2. The van der Waals surface area contributed by atoms with Crippen LogP contribution in [0.1, 0.15) is 74.3 Å². The van der Waals surface area contributed by atoms with Crippen molar-refractivity contribution in [1.29, 1.82) is 0 Å². The van der Waals surface area contributed by atoms with Gasteiger partial charge in [0.15, 0.2) is 0 Å². The minimum Gasteiger partial charge on any atom is -0.378 e. The zero-order chi connectivity index (χ0) is 33.7. The molecule has 0 aliphatic heterocycles. The number of hydrogen-bond acceptors (Lipinski definition) is 3. The van der Waals surface area contributed by atoms with E-state index in [4.69, 9.17) is 0 Å². The number of halogens is 3. The van der Waals surface area contributed by atoms with E-state index < -0.39 is 17.3 Å². The molecular weight excluding hydrogens is 601 g/mol. The Labute approximate surface area is 274 Å². The van der Waals surface area contributed by atoms with Crippen LogP contribution in [0, 0.1) is 18.3 Å². The van der Waals surface area contributed by atoms with Crippen LogP contribution < -0.4 is 10.2 Å². The Kier molecular flexibility index (Phi) is 8.39. The first-order chi connectivity index (χ1) is 22.2. The van der Waals surface area contributed by atoms with Gasteiger partial charge < -0.3 is 20.1 Å². The smallest absolute Gasteiger partial charge is 0.378 e. The van der Waals surface area contributed by atoms with Gasteiger partial charge in [-0.25, -0.2) is 0 Å². The highest BCUT2D eigenvalue weighted by Crippen LogP contribution is 2.67. The van der Waals surface area contributed by atoms with Gasteiger partial charge in [0.1, 0.15) is 5.54 Å². The molecule has 2 fully saturated rings. The first kappa shape index (κ1) is 32.7. The number of aromatic nitrogens is 1. The van der Waals surface area contributed by atoms with Crippen LogP contribution in [-0.2, 0) is 22.3 Å². The van der Waals surface area contributed by atoms with E-state index >= 15 is 0 Å². The number of amides is 2. The largest absolute Gasteiger partial charge is 0.416 e. The summed E-state index contributed by atoms with van der Waals surface area (Å²) in [5.41, 5.74) is 3.55. The van der Waals surface area contributed by atoms with Crippen molar-refractivity contribution in [3.63, 3.8) is 0 Å². The number of nitrogens with one attached hydrogen (secondary N) is 2. The number of para-hydroxylation sites is 1. The average Bonchev–Trinajstić information content (AvgIpc) is 3.37. The normalized spacial score (nSPS) is 19.8. The summed E-state index contributed by atoms with van der Waals surface area (Å²) >= 11 is 0. The molecule has 2 aliphatic carbocycles. The number of carbonyl (C=O) groups excluding carboxylic acids is 2. The Morgan fingerprint density at radius 3 is 2.19 bits per heavy atom. The number of anilines is 2. The van der Waals surface area contributed by atoms with Gasteiger partial charge in [0.2, 0.25) is 11.8 Å². The molecule has 2 saturated carbocycles. The van der Waals surface area contributed by atoms with Gasteiger partial charge in [0, 0.05) is 55.0 Å². The van der Waals surface area contributed by atoms with E-state index in [1.807, 2.05) is 55.4 Å². The lowest BCUT2D eigenvalue weighted by Gasteiger charge is -2.40. The number of carbonyl (C=O) groups is 2. The number of aryl methyl sites for hydroxylation is 1. The lowest BCUT2D eigenvalue weighted by atomic mass is 9.91. The molecule has 4 aromatic rings. The first-order valence-corrected chi connectivity index (χ1v) is 16.3. The van der Waals surface area contributed by atoms with Crippen molar-refractivity contribution in [3.8, 4) is 0 Å². The molecule has 0 spiro atoms. The number of benzene rings is 3. The molecule has 0 radical (unpaired) electrons. The van der Waals surface area contributed by atoms with Gasteiger partial charge in [-0.05, 0) is 90.6 Å². The van der Waals surface area contributed by atoms with Crippen molar-refractivity contribution in [1.82, 2.24) is 9.88 Å². The average molecular weight is 645 g/mol. The van der Waals surface area contributed by atoms with E-state index in [1.165, 1.54) is 17.7 Å². The molecule has 1 heterocycles. The molecule has 0 saturated heterocycles. The minimum absolute atomic E-state index is 0.0445. The number of nitrogens with zero attached hydrogens (tertiary/aromatic N) is 2. The predicted molar refractivity (Wildman–Crippen MR) is 180 cm³/mol. The Hall–Kier alpha value is -4.27. The number of H-pyrrole nitrogens is 1. The summed E-state index contributed by atoms with van der Waals surface area (Å²) in [5, 5.41) is 4.24. The lowest BCUT2D eigenvalue weighted by molar-refractivity contribution is -0.146. The van der Waals surface area contributed by atoms with Crippen LogP contribution in [0.2, 0.25) is 0 Å². The Morgan fingerprint density at radius 1 is 0.936 bits per heavy atom. The Morgan fingerprint density at radius 2 is 1.57 bits per heavy atom. The van der Waals surface area contributed by atoms with Gasteiger partial charge in [0.05, 0.1) is 5.56 Å². The molecular formula is C38H43F3N4O2. The fourth-order valence-corrected chi connectivity index (χ4v) is 7.83. The molecule has 2 N–H and O–H groups in total. The maximum atomic E-state index is 14.6. The molecule has 0 bridgehead atoms. The predicted octanol–water partition coefficient (Wildman–Crippen LogP) is 8.67. The molecule has 2 atom stereocenters. The van der Waals surface area contributed by atoms with Crippen molar-refractivity contribution >= 4 is 34.1 Å². The van der Waals surface area contributed by atoms with E-state index in [2.05, 4.69) is 43.2 Å². The maximum Gasteiger partial charge on any atom is 0.416 e. The van der Waals surface area contributed by atoms with Crippen molar-refractivity contribution in [2.24, 2.45) is 11.3 Å². The van der Waals surface area contributed by atoms with Crippen LogP contribution in [0.4, 0.5) is 24.5 Å². The third kappa shape index (κ3) is 6.12. The number of fused-ring (bicyclic) bond motifs is 1. The molecule has 6 rings (SSSR count). The maximum absolute atomic E-state index is 14.6. The highest BCUT2D eigenvalue weighted by atomic mass is 19.4. The van der Waals surface area contributed by atoms with Gasteiger partial charge >= 0.3 is 6.18 Å². The first-order valence-electron chi connectivity index (χ1n) is 16.3. The quantitative estimate of drug-likeness (QED) is 0.192. The minimum atomic E-state index is -4.46. The van der Waals surface area contributed by atoms with E-state index in [0.717, 1.165) is 47.3 Å². The monoisotopic (exact) mass is 644 g/mol. The fourth-order valence-electron chi connectivity index (χ4n) is 7.83. The third-order valence-corrected chi connectivity index (χ3v) is 10.6. The SMILES string of the molecule is Cc1[nH]c2ccccc2c1[C@@H]1[C@@H](CC(=O)N(Cc2ccc(C(F)(F)F)cc2)C2(C(=O)Nc3ccc(N(C)C)cc3)CCCC2)C1(C)C. The summed E-state index contributed by atoms with van der Waals surface area (Å²) in [6.07, 6.45) is -1.70. The van der Waals surface area contributed by atoms with Gasteiger partial charge in [0.25, 0.3) is 0 Å². The van der Waals surface area contributed by atoms with Gasteiger partial charge in [-0.2, -0.15) is 13.2 Å². The van der Waals surface area contributed by atoms with Crippen molar-refractivity contribution in [3.05, 3.63) is 95.2 Å². The van der Waals surface area contributed by atoms with E-state index in [0.29, 0.717) is 24.1 Å². The van der Waals surface area contributed by atoms with E-state index in [9.17, 15) is 22.8 Å². The fraction of sp³-hybridized carbons (Fsp3) is 0.421. The Balaban J connectivity index is 1.32. The lowest BCUT2D eigenvalue weighted by Crippen LogP contribution is -2.57. The number of aromatic amines is 1. The summed E-state index contributed by atoms with van der Waals surface area (Å²) in [5.74, 6) is -0.211. The van der Waals surface area contributed by atoms with Gasteiger partial charge in [-0.3, -0.25) is 9.59 Å². The van der Waals surface area contributed by atoms with Crippen LogP contribution in [0.15, 0.2) is 72.8 Å². The molecule has 0 unspecified atom stereocenters. The van der Waals surface area contributed by atoms with Gasteiger partial charge in [-0.1, -0.05) is 57.0 Å². The highest BCUT2D eigenvalue weighted by molar-refractivity contribution is 6.01. The number of alkyl halides is 3. The number of rotatable bonds is 9. The molecule has 3 aromatic carbocycles. The zero-order valence-corrected chi connectivity index (χ0v) is 27.7. The molecule has 2 amide bonds. The molecule has 6 nitrogen and oxygen atoms in total. The molecule has 248 valence electrons. The third-order valence-electron chi connectivity index (χ3n) is 10.6. The second kappa shape index (κ2) is 12.1. The van der Waals surface area contributed by atoms with Crippen LogP contribution in [-0.4, -0.2) is 41.3 Å². The van der Waals surface area contributed by atoms with Crippen LogP contribution in [0.25, 0.3) is 10.9 Å². The second-order valence-corrected chi connectivity index (χ2v) is 14.1. The van der Waals surface area contributed by atoms with Crippen LogP contribution in [0.3, 0.4) is 0 Å². The van der Waals surface area contributed by atoms with Crippen molar-refractivity contribution in [2.75, 3.05) is 24.3 Å². The van der Waals surface area contributed by atoms with Gasteiger partial charge in [-0.15, -0.1) is 0 Å².